The molecule has 0 saturated carbocycles. The Morgan fingerprint density at radius 2 is 2.12 bits per heavy atom. The number of benzene rings is 1. The van der Waals surface area contributed by atoms with Crippen LogP contribution in [-0.2, 0) is 13.0 Å². The predicted molar refractivity (Wildman–Crippen MR) is 115 cm³/mol. The molecule has 0 spiro atoms. The maximum Gasteiger partial charge on any atom is 0.193 e. The molecule has 0 radical (unpaired) electrons. The molecule has 144 valence electrons. The van der Waals surface area contributed by atoms with Crippen LogP contribution in [0.15, 0.2) is 35.6 Å². The average molecular weight is 472 g/mol. The fourth-order valence-corrected chi connectivity index (χ4v) is 2.53. The number of para-hydroxylation sites is 1. The SMILES string of the molecule is CCc1nncn1CCNC(=NC)N(C)CCOc1ccccc1C.I. The second kappa shape index (κ2) is 11.7. The highest BCUT2D eigenvalue weighted by atomic mass is 127. The Kier molecular flexibility index (Phi) is 10.0. The number of ether oxygens (including phenoxy) is 1. The van der Waals surface area contributed by atoms with Crippen molar-refractivity contribution in [2.24, 2.45) is 4.99 Å². The Morgan fingerprint density at radius 1 is 1.35 bits per heavy atom. The van der Waals surface area contributed by atoms with Gasteiger partial charge in [0.1, 0.15) is 24.5 Å². The van der Waals surface area contributed by atoms with E-state index in [-0.39, 0.29) is 24.0 Å². The molecule has 0 aliphatic rings. The van der Waals surface area contributed by atoms with Crippen LogP contribution in [0.2, 0.25) is 0 Å². The fraction of sp³-hybridized carbons (Fsp3) is 0.500. The van der Waals surface area contributed by atoms with Gasteiger partial charge in [0.15, 0.2) is 5.96 Å². The van der Waals surface area contributed by atoms with E-state index in [1.165, 1.54) is 0 Å². The molecule has 0 saturated heterocycles. The molecule has 0 atom stereocenters. The molecule has 1 heterocycles. The van der Waals surface area contributed by atoms with Gasteiger partial charge in [0.2, 0.25) is 0 Å². The van der Waals surface area contributed by atoms with Crippen molar-refractivity contribution in [3.8, 4) is 5.75 Å². The van der Waals surface area contributed by atoms with Crippen molar-refractivity contribution in [3.63, 3.8) is 0 Å². The first-order valence-electron chi connectivity index (χ1n) is 8.62. The summed E-state index contributed by atoms with van der Waals surface area (Å²) in [7, 11) is 3.80. The lowest BCUT2D eigenvalue weighted by molar-refractivity contribution is 0.280. The number of likely N-dealkylation sites (N-methyl/N-ethyl adjacent to an activating group) is 1. The van der Waals surface area contributed by atoms with Crippen molar-refractivity contribution >= 4 is 29.9 Å². The van der Waals surface area contributed by atoms with Gasteiger partial charge in [-0.25, -0.2) is 0 Å². The topological polar surface area (TPSA) is 67.6 Å². The molecule has 1 aromatic carbocycles. The largest absolute Gasteiger partial charge is 0.491 e. The van der Waals surface area contributed by atoms with Crippen molar-refractivity contribution in [1.29, 1.82) is 0 Å². The van der Waals surface area contributed by atoms with Gasteiger partial charge in [-0.05, 0) is 18.6 Å². The van der Waals surface area contributed by atoms with E-state index in [1.807, 2.05) is 25.2 Å². The smallest absolute Gasteiger partial charge is 0.193 e. The molecule has 2 rings (SSSR count). The van der Waals surface area contributed by atoms with E-state index in [2.05, 4.69) is 49.9 Å². The Bertz CT molecular complexity index is 688. The summed E-state index contributed by atoms with van der Waals surface area (Å²) in [5, 5.41) is 11.4. The molecule has 26 heavy (non-hydrogen) atoms. The zero-order valence-electron chi connectivity index (χ0n) is 16.0. The monoisotopic (exact) mass is 472 g/mol. The van der Waals surface area contributed by atoms with E-state index < -0.39 is 0 Å². The minimum atomic E-state index is 0. The molecule has 7 nitrogen and oxygen atoms in total. The minimum absolute atomic E-state index is 0. The normalized spacial score (nSPS) is 11.0. The number of aromatic nitrogens is 3. The number of guanidine groups is 1. The summed E-state index contributed by atoms with van der Waals surface area (Å²) in [6, 6.07) is 8.05. The summed E-state index contributed by atoms with van der Waals surface area (Å²) in [5.74, 6) is 2.77. The highest BCUT2D eigenvalue weighted by Gasteiger charge is 2.07. The number of halogens is 1. The van der Waals surface area contributed by atoms with E-state index in [1.54, 1.807) is 13.4 Å². The Labute approximate surface area is 172 Å². The first-order valence-corrected chi connectivity index (χ1v) is 8.62. The number of nitrogens with zero attached hydrogens (tertiary/aromatic N) is 5. The second-order valence-electron chi connectivity index (χ2n) is 5.80. The quantitative estimate of drug-likeness (QED) is 0.363. The summed E-state index contributed by atoms with van der Waals surface area (Å²) < 4.78 is 7.91. The third kappa shape index (κ3) is 6.47. The van der Waals surface area contributed by atoms with Crippen molar-refractivity contribution in [2.45, 2.75) is 26.8 Å². The van der Waals surface area contributed by atoms with Gasteiger partial charge in [0.05, 0.1) is 6.54 Å². The predicted octanol–water partition coefficient (Wildman–Crippen LogP) is 2.35. The standard InChI is InChI=1S/C18H28N6O.HI/c1-5-17-22-21-14-24(17)11-10-20-18(19-3)23(4)12-13-25-16-9-7-6-8-15(16)2;/h6-9,14H,5,10-13H2,1-4H3,(H,19,20);1H. The third-order valence-corrected chi connectivity index (χ3v) is 4.00. The van der Waals surface area contributed by atoms with Gasteiger partial charge in [-0.1, -0.05) is 25.1 Å². The lowest BCUT2D eigenvalue weighted by atomic mass is 10.2. The molecule has 0 bridgehead atoms. The van der Waals surface area contributed by atoms with Crippen LogP contribution in [-0.4, -0.2) is 59.4 Å². The highest BCUT2D eigenvalue weighted by Crippen LogP contribution is 2.15. The van der Waals surface area contributed by atoms with E-state index in [0.717, 1.165) is 49.2 Å². The zero-order chi connectivity index (χ0) is 18.1. The van der Waals surface area contributed by atoms with Crippen LogP contribution >= 0.6 is 24.0 Å². The number of hydrogen-bond donors (Lipinski definition) is 1. The molecule has 0 aliphatic carbocycles. The maximum absolute atomic E-state index is 5.85. The molecule has 0 unspecified atom stereocenters. The van der Waals surface area contributed by atoms with Gasteiger partial charge >= 0.3 is 0 Å². The maximum atomic E-state index is 5.85. The third-order valence-electron chi connectivity index (χ3n) is 4.00. The minimum Gasteiger partial charge on any atom is -0.491 e. The second-order valence-corrected chi connectivity index (χ2v) is 5.80. The van der Waals surface area contributed by atoms with E-state index >= 15 is 0 Å². The van der Waals surface area contributed by atoms with Crippen LogP contribution in [0.5, 0.6) is 5.75 Å². The van der Waals surface area contributed by atoms with Gasteiger partial charge in [-0.15, -0.1) is 34.2 Å². The fourth-order valence-electron chi connectivity index (χ4n) is 2.53. The van der Waals surface area contributed by atoms with Crippen LogP contribution in [0, 0.1) is 6.92 Å². The van der Waals surface area contributed by atoms with Gasteiger partial charge in [0.25, 0.3) is 0 Å². The first-order chi connectivity index (χ1) is 12.2. The molecular weight excluding hydrogens is 443 g/mol. The first kappa shape index (κ1) is 22.2. The van der Waals surface area contributed by atoms with Crippen LogP contribution < -0.4 is 10.1 Å². The van der Waals surface area contributed by atoms with Crippen molar-refractivity contribution in [3.05, 3.63) is 42.0 Å². The number of aliphatic imine (C=N–C) groups is 1. The van der Waals surface area contributed by atoms with Crippen LogP contribution in [0.1, 0.15) is 18.3 Å². The Morgan fingerprint density at radius 3 is 2.81 bits per heavy atom. The van der Waals surface area contributed by atoms with Crippen molar-refractivity contribution in [1.82, 2.24) is 25.0 Å². The Balaban J connectivity index is 0.00000338. The molecule has 1 N–H and O–H groups in total. The molecular formula is C18H29IN6O. The molecule has 8 heteroatoms. The summed E-state index contributed by atoms with van der Waals surface area (Å²) >= 11 is 0. The molecule has 2 aromatic rings. The van der Waals surface area contributed by atoms with E-state index in [4.69, 9.17) is 4.74 Å². The van der Waals surface area contributed by atoms with Gasteiger partial charge < -0.3 is 19.5 Å². The summed E-state index contributed by atoms with van der Waals surface area (Å²) in [6.45, 7) is 7.06. The van der Waals surface area contributed by atoms with Crippen LogP contribution in [0.3, 0.4) is 0 Å². The van der Waals surface area contributed by atoms with Gasteiger partial charge in [-0.3, -0.25) is 4.99 Å². The summed E-state index contributed by atoms with van der Waals surface area (Å²) in [4.78, 5) is 6.39. The lowest BCUT2D eigenvalue weighted by Crippen LogP contribution is -2.42. The number of hydrogen-bond acceptors (Lipinski definition) is 4. The zero-order valence-corrected chi connectivity index (χ0v) is 18.3. The lowest BCUT2D eigenvalue weighted by Gasteiger charge is -2.22. The summed E-state index contributed by atoms with van der Waals surface area (Å²) in [6.07, 6.45) is 2.65. The number of aryl methyl sites for hydroxylation is 2. The van der Waals surface area contributed by atoms with Crippen molar-refractivity contribution in [2.75, 3.05) is 33.8 Å². The van der Waals surface area contributed by atoms with E-state index in [0.29, 0.717) is 6.61 Å². The summed E-state index contributed by atoms with van der Waals surface area (Å²) in [5.41, 5.74) is 1.15. The van der Waals surface area contributed by atoms with Gasteiger partial charge in [0, 0.05) is 33.6 Å². The molecule has 1 aromatic heterocycles. The highest BCUT2D eigenvalue weighted by molar-refractivity contribution is 14.0. The Hall–Kier alpha value is -1.84. The number of rotatable bonds is 8. The van der Waals surface area contributed by atoms with Crippen molar-refractivity contribution < 1.29 is 4.74 Å². The average Bonchev–Trinajstić information content (AvgIpc) is 3.07. The van der Waals surface area contributed by atoms with E-state index in [9.17, 15) is 0 Å². The number of nitrogens with one attached hydrogen (secondary N) is 1. The van der Waals surface area contributed by atoms with Gasteiger partial charge in [-0.2, -0.15) is 0 Å². The molecule has 0 fully saturated rings. The molecule has 0 aliphatic heterocycles. The van der Waals surface area contributed by atoms with Crippen LogP contribution in [0.25, 0.3) is 0 Å². The van der Waals surface area contributed by atoms with Crippen LogP contribution in [0.4, 0.5) is 0 Å². The molecule has 0 amide bonds.